The standard InChI is InChI=1S/C18H38O7/c1-18(25-20)8-6-4-2-3-5-7-10-21-12-14-23-16-17-24-15-13-22-11-9-19/h18-20H,2-17H2,1H3. The van der Waals surface area contributed by atoms with Crippen LogP contribution in [-0.4, -0.2) is 75.9 Å². The largest absolute Gasteiger partial charge is 0.394 e. The van der Waals surface area contributed by atoms with Gasteiger partial charge in [0.15, 0.2) is 0 Å². The molecule has 0 aromatic rings. The highest BCUT2D eigenvalue weighted by molar-refractivity contribution is 4.50. The third-order valence-electron chi connectivity index (χ3n) is 3.68. The van der Waals surface area contributed by atoms with E-state index in [1.807, 2.05) is 6.92 Å². The lowest BCUT2D eigenvalue weighted by molar-refractivity contribution is -0.275. The number of unbranched alkanes of at least 4 members (excludes halogenated alkanes) is 5. The minimum Gasteiger partial charge on any atom is -0.394 e. The minimum atomic E-state index is -0.0481. The summed E-state index contributed by atoms with van der Waals surface area (Å²) >= 11 is 0. The molecule has 0 aliphatic rings. The molecule has 0 spiro atoms. The molecular weight excluding hydrogens is 328 g/mol. The summed E-state index contributed by atoms with van der Waals surface area (Å²) in [5.74, 6) is 0. The molecule has 2 N–H and O–H groups in total. The molecule has 7 nitrogen and oxygen atoms in total. The Balaban J connectivity index is 2.98. The normalized spacial score (nSPS) is 12.6. The molecule has 0 aromatic heterocycles. The maximum Gasteiger partial charge on any atom is 0.0899 e. The van der Waals surface area contributed by atoms with Crippen molar-refractivity contribution >= 4 is 0 Å². The SMILES string of the molecule is CC(CCCCCCCCOCCOCCOCCOCCO)OO. The average molecular weight is 366 g/mol. The van der Waals surface area contributed by atoms with Crippen molar-refractivity contribution in [2.75, 3.05) is 59.5 Å². The van der Waals surface area contributed by atoms with Gasteiger partial charge in [-0.25, -0.2) is 4.89 Å². The Hall–Kier alpha value is -0.280. The van der Waals surface area contributed by atoms with Crippen LogP contribution in [-0.2, 0) is 23.8 Å². The van der Waals surface area contributed by atoms with Crippen LogP contribution in [0, 0.1) is 0 Å². The molecule has 1 atom stereocenters. The number of hydrogen-bond donors (Lipinski definition) is 2. The van der Waals surface area contributed by atoms with Gasteiger partial charge < -0.3 is 24.1 Å². The van der Waals surface area contributed by atoms with Crippen LogP contribution in [0.15, 0.2) is 0 Å². The highest BCUT2D eigenvalue weighted by Crippen LogP contribution is 2.09. The van der Waals surface area contributed by atoms with Crippen LogP contribution in [0.3, 0.4) is 0 Å². The van der Waals surface area contributed by atoms with Crippen LogP contribution >= 0.6 is 0 Å². The zero-order chi connectivity index (χ0) is 18.4. The van der Waals surface area contributed by atoms with Crippen LogP contribution in [0.1, 0.15) is 51.9 Å². The molecule has 7 heteroatoms. The number of aliphatic hydroxyl groups is 1. The Labute approximate surface area is 152 Å². The summed E-state index contributed by atoms with van der Waals surface area (Å²) in [5, 5.41) is 17.0. The zero-order valence-corrected chi connectivity index (χ0v) is 15.8. The minimum absolute atomic E-state index is 0.0453. The predicted molar refractivity (Wildman–Crippen MR) is 95.9 cm³/mol. The van der Waals surface area contributed by atoms with E-state index in [0.29, 0.717) is 46.2 Å². The molecule has 0 fully saturated rings. The third-order valence-corrected chi connectivity index (χ3v) is 3.68. The molecule has 0 saturated carbocycles. The second-order valence-electron chi connectivity index (χ2n) is 6.00. The first-order valence-electron chi connectivity index (χ1n) is 9.53. The van der Waals surface area contributed by atoms with Gasteiger partial charge in [-0.1, -0.05) is 32.1 Å². The predicted octanol–water partition coefficient (Wildman–Crippen LogP) is 2.65. The second-order valence-corrected chi connectivity index (χ2v) is 6.00. The lowest BCUT2D eigenvalue weighted by Crippen LogP contribution is -2.12. The molecule has 0 heterocycles. The fourth-order valence-electron chi connectivity index (χ4n) is 2.22. The Morgan fingerprint density at radius 1 is 0.600 bits per heavy atom. The van der Waals surface area contributed by atoms with E-state index in [2.05, 4.69) is 4.89 Å². The highest BCUT2D eigenvalue weighted by Gasteiger charge is 2.00. The van der Waals surface area contributed by atoms with Crippen LogP contribution in [0.4, 0.5) is 0 Å². The zero-order valence-electron chi connectivity index (χ0n) is 15.8. The molecule has 0 aliphatic carbocycles. The van der Waals surface area contributed by atoms with Gasteiger partial charge in [-0.3, -0.25) is 5.26 Å². The Morgan fingerprint density at radius 2 is 1.04 bits per heavy atom. The average Bonchev–Trinajstić information content (AvgIpc) is 2.63. The van der Waals surface area contributed by atoms with Crippen LogP contribution in [0.2, 0.25) is 0 Å². The van der Waals surface area contributed by atoms with Crippen molar-refractivity contribution in [1.29, 1.82) is 0 Å². The summed E-state index contributed by atoms with van der Waals surface area (Å²) in [5.41, 5.74) is 0. The summed E-state index contributed by atoms with van der Waals surface area (Å²) in [6.45, 7) is 6.42. The molecule has 0 aliphatic heterocycles. The van der Waals surface area contributed by atoms with Crippen molar-refractivity contribution in [3.05, 3.63) is 0 Å². The van der Waals surface area contributed by atoms with Gasteiger partial charge in [-0.2, -0.15) is 0 Å². The van der Waals surface area contributed by atoms with Gasteiger partial charge in [0.05, 0.1) is 59.0 Å². The van der Waals surface area contributed by atoms with E-state index >= 15 is 0 Å². The number of aliphatic hydroxyl groups excluding tert-OH is 1. The van der Waals surface area contributed by atoms with Crippen molar-refractivity contribution in [2.45, 2.75) is 58.0 Å². The lowest BCUT2D eigenvalue weighted by atomic mass is 10.1. The molecule has 0 amide bonds. The van der Waals surface area contributed by atoms with Gasteiger partial charge in [-0.05, 0) is 19.8 Å². The van der Waals surface area contributed by atoms with E-state index in [4.69, 9.17) is 29.3 Å². The first kappa shape index (κ1) is 24.7. The van der Waals surface area contributed by atoms with Crippen molar-refractivity contribution < 1.29 is 34.2 Å². The first-order valence-corrected chi connectivity index (χ1v) is 9.53. The van der Waals surface area contributed by atoms with Gasteiger partial charge in [0.25, 0.3) is 0 Å². The monoisotopic (exact) mass is 366 g/mol. The number of ether oxygens (including phenoxy) is 4. The summed E-state index contributed by atoms with van der Waals surface area (Å²) in [7, 11) is 0. The van der Waals surface area contributed by atoms with E-state index in [9.17, 15) is 0 Å². The van der Waals surface area contributed by atoms with Gasteiger partial charge in [-0.15, -0.1) is 0 Å². The fourth-order valence-corrected chi connectivity index (χ4v) is 2.22. The lowest BCUT2D eigenvalue weighted by Gasteiger charge is -2.07. The molecule has 0 bridgehead atoms. The quantitative estimate of drug-likeness (QED) is 0.183. The first-order chi connectivity index (χ1) is 12.3. The summed E-state index contributed by atoms with van der Waals surface area (Å²) in [6.07, 6.45) is 7.91. The van der Waals surface area contributed by atoms with Crippen LogP contribution in [0.25, 0.3) is 0 Å². The maximum atomic E-state index is 8.52. The smallest absolute Gasteiger partial charge is 0.0899 e. The second kappa shape index (κ2) is 21.8. The van der Waals surface area contributed by atoms with Crippen LogP contribution in [0.5, 0.6) is 0 Å². The molecule has 0 saturated heterocycles. The third kappa shape index (κ3) is 21.7. The molecule has 0 rings (SSSR count). The topological polar surface area (TPSA) is 86.6 Å². The molecule has 1 unspecified atom stereocenters. The van der Waals surface area contributed by atoms with Crippen molar-refractivity contribution in [1.82, 2.24) is 0 Å². The van der Waals surface area contributed by atoms with Gasteiger partial charge in [0.2, 0.25) is 0 Å². The van der Waals surface area contributed by atoms with E-state index in [1.165, 1.54) is 25.7 Å². The van der Waals surface area contributed by atoms with Crippen LogP contribution < -0.4 is 0 Å². The Bertz CT molecular complexity index is 241. The van der Waals surface area contributed by atoms with Gasteiger partial charge in [0.1, 0.15) is 0 Å². The molecule has 152 valence electrons. The van der Waals surface area contributed by atoms with Crippen molar-refractivity contribution in [3.8, 4) is 0 Å². The number of rotatable bonds is 21. The maximum absolute atomic E-state index is 8.52. The summed E-state index contributed by atoms with van der Waals surface area (Å²) in [4.78, 5) is 4.24. The Kier molecular flexibility index (Phi) is 21.5. The molecule has 25 heavy (non-hydrogen) atoms. The van der Waals surface area contributed by atoms with E-state index in [0.717, 1.165) is 25.9 Å². The van der Waals surface area contributed by atoms with E-state index in [1.54, 1.807) is 0 Å². The van der Waals surface area contributed by atoms with Crippen molar-refractivity contribution in [3.63, 3.8) is 0 Å². The Morgan fingerprint density at radius 3 is 1.56 bits per heavy atom. The molecular formula is C18H38O7. The summed E-state index contributed by atoms with van der Waals surface area (Å²) < 4.78 is 21.3. The van der Waals surface area contributed by atoms with E-state index in [-0.39, 0.29) is 12.7 Å². The van der Waals surface area contributed by atoms with Gasteiger partial charge in [0, 0.05) is 6.61 Å². The van der Waals surface area contributed by atoms with Gasteiger partial charge >= 0.3 is 0 Å². The number of hydrogen-bond acceptors (Lipinski definition) is 7. The summed E-state index contributed by atoms with van der Waals surface area (Å²) in [6, 6.07) is 0. The fraction of sp³-hybridized carbons (Fsp3) is 1.00. The van der Waals surface area contributed by atoms with E-state index < -0.39 is 0 Å². The highest BCUT2D eigenvalue weighted by atomic mass is 17.1. The molecule has 0 radical (unpaired) electrons. The molecule has 0 aromatic carbocycles. The van der Waals surface area contributed by atoms with Crippen molar-refractivity contribution in [2.24, 2.45) is 0 Å².